The molecule has 1 aliphatic rings. The van der Waals surface area contributed by atoms with Crippen molar-refractivity contribution in [1.82, 2.24) is 0 Å². The van der Waals surface area contributed by atoms with E-state index in [-0.39, 0.29) is 6.10 Å². The fraction of sp³-hybridized carbons (Fsp3) is 0.368. The summed E-state index contributed by atoms with van der Waals surface area (Å²) in [5.74, 6) is 0.962. The van der Waals surface area contributed by atoms with Gasteiger partial charge in [-0.15, -0.1) is 0 Å². The van der Waals surface area contributed by atoms with E-state index in [0.29, 0.717) is 0 Å². The lowest BCUT2D eigenvalue weighted by Gasteiger charge is -2.11. The second kappa shape index (κ2) is 6.77. The Morgan fingerprint density at radius 2 is 1.86 bits per heavy atom. The molecule has 0 saturated heterocycles. The number of ether oxygens (including phenoxy) is 1. The standard InChI is InChI=1S/C19H22O2/c20-18-13-12-17-16(18)10-6-11-19(17)21-14-5-4-9-15-7-2-1-3-8-15/h1-3,6-8,10-11,18,20H,4-5,9,12-14H2. The Morgan fingerprint density at radius 1 is 1.00 bits per heavy atom. The second-order valence-electron chi connectivity index (χ2n) is 5.67. The van der Waals surface area contributed by atoms with Gasteiger partial charge in [-0.3, -0.25) is 0 Å². The van der Waals surface area contributed by atoms with Crippen LogP contribution in [0.2, 0.25) is 0 Å². The van der Waals surface area contributed by atoms with Crippen LogP contribution in [0.1, 0.15) is 42.1 Å². The summed E-state index contributed by atoms with van der Waals surface area (Å²) in [6, 6.07) is 16.6. The summed E-state index contributed by atoms with van der Waals surface area (Å²) in [7, 11) is 0. The van der Waals surface area contributed by atoms with Crippen molar-refractivity contribution in [2.45, 2.75) is 38.2 Å². The zero-order chi connectivity index (χ0) is 14.5. The molecule has 1 N–H and O–H groups in total. The fourth-order valence-corrected chi connectivity index (χ4v) is 2.99. The van der Waals surface area contributed by atoms with Crippen molar-refractivity contribution in [3.63, 3.8) is 0 Å². The molecule has 2 heteroatoms. The molecule has 0 aliphatic heterocycles. The van der Waals surface area contributed by atoms with Crippen LogP contribution in [0.3, 0.4) is 0 Å². The van der Waals surface area contributed by atoms with Crippen molar-refractivity contribution in [2.24, 2.45) is 0 Å². The second-order valence-corrected chi connectivity index (χ2v) is 5.67. The van der Waals surface area contributed by atoms with Crippen LogP contribution >= 0.6 is 0 Å². The molecule has 2 aromatic carbocycles. The van der Waals surface area contributed by atoms with Crippen molar-refractivity contribution in [3.8, 4) is 5.75 Å². The Bertz CT molecular complexity index is 577. The smallest absolute Gasteiger partial charge is 0.122 e. The molecule has 0 radical (unpaired) electrons. The summed E-state index contributed by atoms with van der Waals surface area (Å²) < 4.78 is 5.92. The van der Waals surface area contributed by atoms with Gasteiger partial charge in [0.25, 0.3) is 0 Å². The summed E-state index contributed by atoms with van der Waals surface area (Å²) in [4.78, 5) is 0. The first kappa shape index (κ1) is 14.2. The normalized spacial score (nSPS) is 16.7. The summed E-state index contributed by atoms with van der Waals surface area (Å²) >= 11 is 0. The first-order chi connectivity index (χ1) is 10.3. The topological polar surface area (TPSA) is 29.5 Å². The van der Waals surface area contributed by atoms with Crippen LogP contribution in [0.25, 0.3) is 0 Å². The van der Waals surface area contributed by atoms with Crippen LogP contribution in [0.15, 0.2) is 48.5 Å². The van der Waals surface area contributed by atoms with Gasteiger partial charge in [-0.05, 0) is 49.3 Å². The minimum atomic E-state index is -0.304. The molecule has 2 aromatic rings. The quantitative estimate of drug-likeness (QED) is 0.809. The van der Waals surface area contributed by atoms with E-state index >= 15 is 0 Å². The molecule has 0 bridgehead atoms. The number of fused-ring (bicyclic) bond motifs is 1. The number of rotatable bonds is 6. The fourth-order valence-electron chi connectivity index (χ4n) is 2.99. The third-order valence-electron chi connectivity index (χ3n) is 4.16. The lowest BCUT2D eigenvalue weighted by Crippen LogP contribution is -2.01. The molecule has 0 heterocycles. The zero-order valence-corrected chi connectivity index (χ0v) is 12.3. The van der Waals surface area contributed by atoms with Crippen LogP contribution in [-0.4, -0.2) is 11.7 Å². The van der Waals surface area contributed by atoms with Crippen LogP contribution in [-0.2, 0) is 12.8 Å². The van der Waals surface area contributed by atoms with E-state index in [0.717, 1.165) is 50.0 Å². The lowest BCUT2D eigenvalue weighted by atomic mass is 10.1. The van der Waals surface area contributed by atoms with Crippen LogP contribution in [0.4, 0.5) is 0 Å². The largest absolute Gasteiger partial charge is 0.493 e. The molecule has 1 aliphatic carbocycles. The molecular weight excluding hydrogens is 260 g/mol. The molecule has 0 saturated carbocycles. The molecule has 0 amide bonds. The Labute approximate surface area is 126 Å². The van der Waals surface area contributed by atoms with E-state index in [1.165, 1.54) is 11.1 Å². The Hall–Kier alpha value is -1.80. The van der Waals surface area contributed by atoms with Gasteiger partial charge in [-0.25, -0.2) is 0 Å². The van der Waals surface area contributed by atoms with Crippen molar-refractivity contribution in [2.75, 3.05) is 6.61 Å². The first-order valence-electron chi connectivity index (χ1n) is 7.81. The maximum Gasteiger partial charge on any atom is 0.122 e. The SMILES string of the molecule is OC1CCc2c(OCCCCc3ccccc3)cccc21. The van der Waals surface area contributed by atoms with Gasteiger partial charge in [0.05, 0.1) is 12.7 Å². The van der Waals surface area contributed by atoms with Gasteiger partial charge in [0.1, 0.15) is 5.75 Å². The predicted octanol–water partition coefficient (Wildman–Crippen LogP) is 4.07. The highest BCUT2D eigenvalue weighted by atomic mass is 16.5. The molecular formula is C19H22O2. The summed E-state index contributed by atoms with van der Waals surface area (Å²) in [6.07, 6.45) is 4.75. The van der Waals surface area contributed by atoms with Crippen molar-refractivity contribution in [1.29, 1.82) is 0 Å². The highest BCUT2D eigenvalue weighted by Gasteiger charge is 2.22. The monoisotopic (exact) mass is 282 g/mol. The summed E-state index contributed by atoms with van der Waals surface area (Å²) in [6.45, 7) is 0.749. The van der Waals surface area contributed by atoms with Gasteiger partial charge in [0, 0.05) is 5.56 Å². The third kappa shape index (κ3) is 3.45. The van der Waals surface area contributed by atoms with Crippen molar-refractivity contribution >= 4 is 0 Å². The molecule has 0 spiro atoms. The molecule has 3 rings (SSSR count). The van der Waals surface area contributed by atoms with Crippen LogP contribution in [0.5, 0.6) is 5.75 Å². The van der Waals surface area contributed by atoms with E-state index in [1.54, 1.807) is 0 Å². The van der Waals surface area contributed by atoms with E-state index in [2.05, 4.69) is 30.3 Å². The van der Waals surface area contributed by atoms with Crippen LogP contribution < -0.4 is 4.74 Å². The van der Waals surface area contributed by atoms with Crippen molar-refractivity contribution in [3.05, 3.63) is 65.2 Å². The number of hydrogen-bond donors (Lipinski definition) is 1. The molecule has 1 unspecified atom stereocenters. The summed E-state index contributed by atoms with van der Waals surface area (Å²) in [5, 5.41) is 9.89. The molecule has 0 aromatic heterocycles. The third-order valence-corrected chi connectivity index (χ3v) is 4.16. The maximum absolute atomic E-state index is 9.89. The van der Waals surface area contributed by atoms with Crippen molar-refractivity contribution < 1.29 is 9.84 Å². The number of aliphatic hydroxyl groups is 1. The number of aliphatic hydroxyl groups excluding tert-OH is 1. The number of aryl methyl sites for hydroxylation is 1. The molecule has 0 fully saturated rings. The number of hydrogen-bond acceptors (Lipinski definition) is 2. The Balaban J connectivity index is 1.46. The number of benzene rings is 2. The van der Waals surface area contributed by atoms with E-state index in [4.69, 9.17) is 4.74 Å². The van der Waals surface area contributed by atoms with Crippen LogP contribution in [0, 0.1) is 0 Å². The van der Waals surface area contributed by atoms with E-state index in [9.17, 15) is 5.11 Å². The first-order valence-corrected chi connectivity index (χ1v) is 7.81. The minimum Gasteiger partial charge on any atom is -0.493 e. The zero-order valence-electron chi connectivity index (χ0n) is 12.3. The maximum atomic E-state index is 9.89. The van der Waals surface area contributed by atoms with Gasteiger partial charge in [0.15, 0.2) is 0 Å². The van der Waals surface area contributed by atoms with Gasteiger partial charge in [-0.2, -0.15) is 0 Å². The van der Waals surface area contributed by atoms with Gasteiger partial charge < -0.3 is 9.84 Å². The predicted molar refractivity (Wildman–Crippen MR) is 84.6 cm³/mol. The number of unbranched alkanes of at least 4 members (excludes halogenated alkanes) is 1. The van der Waals surface area contributed by atoms with Gasteiger partial charge in [-0.1, -0.05) is 42.5 Å². The minimum absolute atomic E-state index is 0.304. The van der Waals surface area contributed by atoms with Gasteiger partial charge in [0.2, 0.25) is 0 Å². The summed E-state index contributed by atoms with van der Waals surface area (Å²) in [5.41, 5.74) is 3.64. The average Bonchev–Trinajstić information content (AvgIpc) is 2.90. The molecule has 1 atom stereocenters. The van der Waals surface area contributed by atoms with E-state index < -0.39 is 0 Å². The average molecular weight is 282 g/mol. The highest BCUT2D eigenvalue weighted by molar-refractivity contribution is 5.44. The Morgan fingerprint density at radius 3 is 2.71 bits per heavy atom. The van der Waals surface area contributed by atoms with Gasteiger partial charge >= 0.3 is 0 Å². The molecule has 110 valence electrons. The van der Waals surface area contributed by atoms with E-state index in [1.807, 2.05) is 18.2 Å². The Kier molecular flexibility index (Phi) is 4.56. The molecule has 2 nitrogen and oxygen atoms in total. The molecule has 21 heavy (non-hydrogen) atoms. The highest BCUT2D eigenvalue weighted by Crippen LogP contribution is 2.36. The lowest BCUT2D eigenvalue weighted by molar-refractivity contribution is 0.180.